The van der Waals surface area contributed by atoms with Crippen molar-refractivity contribution < 1.29 is 14.6 Å². The zero-order valence-corrected chi connectivity index (χ0v) is 11.8. The first-order chi connectivity index (χ1) is 8.08. The summed E-state index contributed by atoms with van der Waals surface area (Å²) in [6, 6.07) is 3.68. The lowest BCUT2D eigenvalue weighted by atomic mass is 10.0. The second-order valence-corrected chi connectivity index (χ2v) is 5.40. The Hall–Kier alpha value is -0.740. The number of hydrogen-bond donors (Lipinski definition) is 1. The van der Waals surface area contributed by atoms with Crippen molar-refractivity contribution in [1.82, 2.24) is 0 Å². The Morgan fingerprint density at radius 3 is 2.29 bits per heavy atom. The van der Waals surface area contributed by atoms with E-state index < -0.39 is 6.10 Å². The fourth-order valence-electron chi connectivity index (χ4n) is 2.12. The number of aliphatic hydroxyl groups excluding tert-OH is 1. The molecule has 94 valence electrons. The van der Waals surface area contributed by atoms with Gasteiger partial charge >= 0.3 is 0 Å². The highest BCUT2D eigenvalue weighted by Crippen LogP contribution is 2.49. The molecule has 0 bridgehead atoms. The summed E-state index contributed by atoms with van der Waals surface area (Å²) in [4.78, 5) is 0. The van der Waals surface area contributed by atoms with Crippen molar-refractivity contribution in [3.05, 3.63) is 22.2 Å². The van der Waals surface area contributed by atoms with Crippen molar-refractivity contribution in [2.45, 2.75) is 19.4 Å². The van der Waals surface area contributed by atoms with E-state index in [-0.39, 0.29) is 0 Å². The Kier molecular flexibility index (Phi) is 3.64. The summed E-state index contributed by atoms with van der Waals surface area (Å²) in [6.45, 7) is 2.16. The predicted octanol–water partition coefficient (Wildman–Crippen LogP) is 3.16. The van der Waals surface area contributed by atoms with Gasteiger partial charge in [0, 0.05) is 4.47 Å². The van der Waals surface area contributed by atoms with Gasteiger partial charge in [-0.25, -0.2) is 0 Å². The molecule has 0 heterocycles. The molecule has 0 aromatic heterocycles. The molecule has 0 saturated heterocycles. The highest BCUT2D eigenvalue weighted by atomic mass is 79.9. The molecule has 17 heavy (non-hydrogen) atoms. The standard InChI is InChI=1S/C13H17BrO3/c1-7-4-8(7)13(15)9-5-11(16-2)12(17-3)6-10(9)14/h5-8,13,15H,4H2,1-3H3. The monoisotopic (exact) mass is 300 g/mol. The zero-order chi connectivity index (χ0) is 12.6. The molecule has 3 nitrogen and oxygen atoms in total. The minimum absolute atomic E-state index is 0.365. The molecule has 1 aliphatic rings. The normalized spacial score (nSPS) is 24.3. The number of ether oxygens (including phenoxy) is 2. The average molecular weight is 301 g/mol. The van der Waals surface area contributed by atoms with Crippen LogP contribution in [0.25, 0.3) is 0 Å². The molecule has 2 rings (SSSR count). The summed E-state index contributed by atoms with van der Waals surface area (Å²) in [5, 5.41) is 10.3. The summed E-state index contributed by atoms with van der Waals surface area (Å²) in [5.74, 6) is 2.28. The summed E-state index contributed by atoms with van der Waals surface area (Å²) >= 11 is 3.47. The van der Waals surface area contributed by atoms with Crippen LogP contribution in [0.1, 0.15) is 25.0 Å². The Balaban J connectivity index is 2.33. The van der Waals surface area contributed by atoms with E-state index in [2.05, 4.69) is 22.9 Å². The van der Waals surface area contributed by atoms with Gasteiger partial charge in [0.05, 0.1) is 20.3 Å². The highest BCUT2D eigenvalue weighted by Gasteiger charge is 2.40. The molecule has 1 aliphatic carbocycles. The summed E-state index contributed by atoms with van der Waals surface area (Å²) in [6.07, 6.45) is 0.654. The highest BCUT2D eigenvalue weighted by molar-refractivity contribution is 9.10. The molecular formula is C13H17BrO3. The van der Waals surface area contributed by atoms with Crippen LogP contribution in [-0.4, -0.2) is 19.3 Å². The lowest BCUT2D eigenvalue weighted by molar-refractivity contribution is 0.147. The third kappa shape index (κ3) is 2.43. The maximum absolute atomic E-state index is 10.3. The van der Waals surface area contributed by atoms with Gasteiger partial charge in [-0.3, -0.25) is 0 Å². The fraction of sp³-hybridized carbons (Fsp3) is 0.538. The van der Waals surface area contributed by atoms with Crippen LogP contribution in [0.15, 0.2) is 16.6 Å². The van der Waals surface area contributed by atoms with Crippen LogP contribution < -0.4 is 9.47 Å². The molecule has 1 N–H and O–H groups in total. The van der Waals surface area contributed by atoms with Crippen LogP contribution in [-0.2, 0) is 0 Å². The molecule has 1 fully saturated rings. The second kappa shape index (κ2) is 4.86. The molecule has 0 radical (unpaired) electrons. The van der Waals surface area contributed by atoms with Gasteiger partial charge in [0.1, 0.15) is 0 Å². The Labute approximate surface area is 110 Å². The van der Waals surface area contributed by atoms with Gasteiger partial charge in [-0.2, -0.15) is 0 Å². The lowest BCUT2D eigenvalue weighted by Gasteiger charge is -2.16. The molecule has 4 heteroatoms. The van der Waals surface area contributed by atoms with Gasteiger partial charge < -0.3 is 14.6 Å². The SMILES string of the molecule is COc1cc(Br)c(C(O)C2CC2C)cc1OC. The van der Waals surface area contributed by atoms with E-state index >= 15 is 0 Å². The first kappa shape index (κ1) is 12.7. The van der Waals surface area contributed by atoms with Gasteiger partial charge in [0.15, 0.2) is 11.5 Å². The number of methoxy groups -OCH3 is 2. The van der Waals surface area contributed by atoms with E-state index in [4.69, 9.17) is 9.47 Å². The Bertz CT molecular complexity index is 419. The molecule has 3 atom stereocenters. The van der Waals surface area contributed by atoms with E-state index in [1.807, 2.05) is 12.1 Å². The number of hydrogen-bond acceptors (Lipinski definition) is 3. The van der Waals surface area contributed by atoms with Gasteiger partial charge in [-0.1, -0.05) is 22.9 Å². The van der Waals surface area contributed by atoms with Gasteiger partial charge in [-0.05, 0) is 36.0 Å². The van der Waals surface area contributed by atoms with Crippen molar-refractivity contribution in [1.29, 1.82) is 0 Å². The Morgan fingerprint density at radius 1 is 1.29 bits per heavy atom. The summed E-state index contributed by atoms with van der Waals surface area (Å²) < 4.78 is 11.3. The first-order valence-corrected chi connectivity index (χ1v) is 6.47. The third-order valence-corrected chi connectivity index (χ3v) is 4.09. The minimum Gasteiger partial charge on any atom is -0.493 e. The maximum atomic E-state index is 10.3. The van der Waals surface area contributed by atoms with Crippen LogP contribution in [0.2, 0.25) is 0 Å². The minimum atomic E-state index is -0.431. The molecule has 1 aromatic carbocycles. The maximum Gasteiger partial charge on any atom is 0.161 e. The van der Waals surface area contributed by atoms with Crippen LogP contribution >= 0.6 is 15.9 Å². The van der Waals surface area contributed by atoms with Crippen LogP contribution in [0, 0.1) is 11.8 Å². The lowest BCUT2D eigenvalue weighted by Crippen LogP contribution is -2.03. The molecule has 1 aromatic rings. The van der Waals surface area contributed by atoms with Crippen molar-refractivity contribution in [2.24, 2.45) is 11.8 Å². The van der Waals surface area contributed by atoms with E-state index in [0.29, 0.717) is 23.3 Å². The second-order valence-electron chi connectivity index (χ2n) is 4.55. The fourth-order valence-corrected chi connectivity index (χ4v) is 2.67. The molecule has 0 spiro atoms. The zero-order valence-electron chi connectivity index (χ0n) is 10.2. The van der Waals surface area contributed by atoms with Crippen LogP contribution in [0.4, 0.5) is 0 Å². The third-order valence-electron chi connectivity index (χ3n) is 3.40. The number of halogens is 1. The van der Waals surface area contributed by atoms with Crippen molar-refractivity contribution in [3.8, 4) is 11.5 Å². The topological polar surface area (TPSA) is 38.7 Å². The van der Waals surface area contributed by atoms with E-state index in [0.717, 1.165) is 16.5 Å². The first-order valence-electron chi connectivity index (χ1n) is 5.68. The molecule has 1 saturated carbocycles. The summed E-state index contributed by atoms with van der Waals surface area (Å²) in [7, 11) is 3.20. The number of aliphatic hydroxyl groups is 1. The molecule has 3 unspecified atom stereocenters. The van der Waals surface area contributed by atoms with E-state index in [9.17, 15) is 5.11 Å². The molecule has 0 aliphatic heterocycles. The molecule has 0 amide bonds. The van der Waals surface area contributed by atoms with Gasteiger partial charge in [0.2, 0.25) is 0 Å². The van der Waals surface area contributed by atoms with Crippen molar-refractivity contribution in [2.75, 3.05) is 14.2 Å². The quantitative estimate of drug-likeness (QED) is 0.928. The van der Waals surface area contributed by atoms with Crippen LogP contribution in [0.3, 0.4) is 0 Å². The van der Waals surface area contributed by atoms with Crippen LogP contribution in [0.5, 0.6) is 11.5 Å². The van der Waals surface area contributed by atoms with E-state index in [1.54, 1.807) is 14.2 Å². The van der Waals surface area contributed by atoms with E-state index in [1.165, 1.54) is 0 Å². The predicted molar refractivity (Wildman–Crippen MR) is 69.5 cm³/mol. The smallest absolute Gasteiger partial charge is 0.161 e. The van der Waals surface area contributed by atoms with Crippen molar-refractivity contribution >= 4 is 15.9 Å². The number of benzene rings is 1. The van der Waals surface area contributed by atoms with Gasteiger partial charge in [-0.15, -0.1) is 0 Å². The average Bonchev–Trinajstić information content (AvgIpc) is 3.05. The number of rotatable bonds is 4. The van der Waals surface area contributed by atoms with Crippen molar-refractivity contribution in [3.63, 3.8) is 0 Å². The largest absolute Gasteiger partial charge is 0.493 e. The summed E-state index contributed by atoms with van der Waals surface area (Å²) in [5.41, 5.74) is 0.872. The van der Waals surface area contributed by atoms with Gasteiger partial charge in [0.25, 0.3) is 0 Å². The molecular weight excluding hydrogens is 284 g/mol. The Morgan fingerprint density at radius 2 is 1.82 bits per heavy atom.